The fraction of sp³-hybridized carbons (Fsp3) is 0.778. The molecule has 0 bridgehead atoms. The molecule has 0 saturated heterocycles. The fourth-order valence-electron chi connectivity index (χ4n) is 1.73. The van der Waals surface area contributed by atoms with Crippen LogP contribution in [0.5, 0.6) is 0 Å². The highest BCUT2D eigenvalue weighted by Gasteiger charge is 2.19. The third kappa shape index (κ3) is 2.40. The number of nitrogens with one attached hydrogen (secondary N) is 1. The summed E-state index contributed by atoms with van der Waals surface area (Å²) < 4.78 is 0. The Kier molecular flexibility index (Phi) is 2.78. The van der Waals surface area contributed by atoms with Crippen LogP contribution in [0.25, 0.3) is 0 Å². The lowest BCUT2D eigenvalue weighted by atomic mass is 9.81. The van der Waals surface area contributed by atoms with Crippen LogP contribution in [0, 0.1) is 5.92 Å². The first-order chi connectivity index (χ1) is 6.34. The Morgan fingerprint density at radius 1 is 1.69 bits per heavy atom. The Morgan fingerprint density at radius 3 is 3.08 bits per heavy atom. The van der Waals surface area contributed by atoms with Gasteiger partial charge in [0.15, 0.2) is 0 Å². The van der Waals surface area contributed by atoms with E-state index in [0.717, 1.165) is 11.0 Å². The summed E-state index contributed by atoms with van der Waals surface area (Å²) >= 11 is 1.57. The van der Waals surface area contributed by atoms with Gasteiger partial charge in [-0.25, -0.2) is 0 Å². The van der Waals surface area contributed by atoms with Crippen LogP contribution in [-0.4, -0.2) is 16.2 Å². The Labute approximate surface area is 82.6 Å². The van der Waals surface area contributed by atoms with E-state index < -0.39 is 0 Å². The van der Waals surface area contributed by atoms with Gasteiger partial charge in [0.05, 0.1) is 0 Å². The number of aromatic nitrogens is 2. The summed E-state index contributed by atoms with van der Waals surface area (Å²) in [4.78, 5) is 0. The van der Waals surface area contributed by atoms with Crippen molar-refractivity contribution in [2.75, 3.05) is 5.32 Å². The van der Waals surface area contributed by atoms with E-state index in [1.807, 2.05) is 0 Å². The topological polar surface area (TPSA) is 37.8 Å². The largest absolute Gasteiger partial charge is 0.358 e. The van der Waals surface area contributed by atoms with Gasteiger partial charge in [0.1, 0.15) is 5.51 Å². The first-order valence-corrected chi connectivity index (χ1v) is 5.75. The standard InChI is InChI=1S/C9H15N3S/c1-7(5-8-3-2-4-8)11-9-12-10-6-13-9/h6-8H,2-5H2,1H3,(H,11,12). The molecule has 72 valence electrons. The summed E-state index contributed by atoms with van der Waals surface area (Å²) in [6.07, 6.45) is 5.54. The highest BCUT2D eigenvalue weighted by Crippen LogP contribution is 2.31. The maximum atomic E-state index is 3.96. The van der Waals surface area contributed by atoms with Crippen LogP contribution in [0.15, 0.2) is 5.51 Å². The summed E-state index contributed by atoms with van der Waals surface area (Å²) in [5, 5.41) is 12.1. The summed E-state index contributed by atoms with van der Waals surface area (Å²) in [6.45, 7) is 2.22. The minimum absolute atomic E-state index is 0.540. The van der Waals surface area contributed by atoms with E-state index in [-0.39, 0.29) is 0 Å². The third-order valence-electron chi connectivity index (χ3n) is 2.64. The fourth-order valence-corrected chi connectivity index (χ4v) is 2.29. The van der Waals surface area contributed by atoms with Crippen molar-refractivity contribution >= 4 is 16.5 Å². The summed E-state index contributed by atoms with van der Waals surface area (Å²) in [6, 6.07) is 0.540. The molecule has 1 aromatic rings. The normalized spacial score (nSPS) is 19.5. The molecule has 1 atom stereocenters. The molecule has 0 amide bonds. The lowest BCUT2D eigenvalue weighted by Gasteiger charge is -2.28. The van der Waals surface area contributed by atoms with Gasteiger partial charge in [-0.3, -0.25) is 0 Å². The molecule has 1 N–H and O–H groups in total. The van der Waals surface area contributed by atoms with E-state index in [4.69, 9.17) is 0 Å². The number of anilines is 1. The van der Waals surface area contributed by atoms with Crippen LogP contribution in [-0.2, 0) is 0 Å². The molecule has 1 unspecified atom stereocenters. The molecule has 0 aliphatic heterocycles. The molecular formula is C9H15N3S. The minimum atomic E-state index is 0.540. The molecule has 1 fully saturated rings. The summed E-state index contributed by atoms with van der Waals surface area (Å²) in [7, 11) is 0. The third-order valence-corrected chi connectivity index (χ3v) is 3.26. The maximum Gasteiger partial charge on any atom is 0.205 e. The van der Waals surface area contributed by atoms with E-state index in [0.29, 0.717) is 6.04 Å². The zero-order valence-corrected chi connectivity index (χ0v) is 8.68. The molecule has 0 spiro atoms. The molecule has 13 heavy (non-hydrogen) atoms. The van der Waals surface area contributed by atoms with Gasteiger partial charge in [-0.2, -0.15) is 0 Å². The highest BCUT2D eigenvalue weighted by molar-refractivity contribution is 7.13. The second-order valence-corrected chi connectivity index (χ2v) is 4.66. The van der Waals surface area contributed by atoms with E-state index in [1.165, 1.54) is 25.7 Å². The predicted octanol–water partition coefficient (Wildman–Crippen LogP) is 2.53. The van der Waals surface area contributed by atoms with Gasteiger partial charge >= 0.3 is 0 Å². The molecule has 0 radical (unpaired) electrons. The molecule has 3 nitrogen and oxygen atoms in total. The van der Waals surface area contributed by atoms with Crippen LogP contribution in [0.4, 0.5) is 5.13 Å². The lowest BCUT2D eigenvalue weighted by molar-refractivity contribution is 0.286. The van der Waals surface area contributed by atoms with Gasteiger partial charge in [-0.15, -0.1) is 10.2 Å². The van der Waals surface area contributed by atoms with Crippen LogP contribution < -0.4 is 5.32 Å². The zero-order chi connectivity index (χ0) is 9.10. The quantitative estimate of drug-likeness (QED) is 0.806. The average Bonchev–Trinajstić information content (AvgIpc) is 2.49. The average molecular weight is 197 g/mol. The van der Waals surface area contributed by atoms with Crippen molar-refractivity contribution in [3.8, 4) is 0 Å². The Hall–Kier alpha value is -0.640. The summed E-state index contributed by atoms with van der Waals surface area (Å²) in [5.41, 5.74) is 1.76. The highest BCUT2D eigenvalue weighted by atomic mass is 32.1. The van der Waals surface area contributed by atoms with E-state index in [2.05, 4.69) is 22.4 Å². The zero-order valence-electron chi connectivity index (χ0n) is 7.86. The van der Waals surface area contributed by atoms with Gasteiger partial charge in [0, 0.05) is 6.04 Å². The second kappa shape index (κ2) is 4.05. The maximum absolute atomic E-state index is 3.96. The van der Waals surface area contributed by atoms with E-state index >= 15 is 0 Å². The molecule has 4 heteroatoms. The van der Waals surface area contributed by atoms with Crippen molar-refractivity contribution in [1.29, 1.82) is 0 Å². The SMILES string of the molecule is CC(CC1CCC1)Nc1nncs1. The smallest absolute Gasteiger partial charge is 0.205 e. The molecule has 1 saturated carbocycles. The molecule has 1 aliphatic rings. The van der Waals surface area contributed by atoms with Gasteiger partial charge < -0.3 is 5.32 Å². The monoisotopic (exact) mass is 197 g/mol. The van der Waals surface area contributed by atoms with Crippen LogP contribution in [0.3, 0.4) is 0 Å². The van der Waals surface area contributed by atoms with Crippen molar-refractivity contribution in [3.05, 3.63) is 5.51 Å². The first kappa shape index (κ1) is 8.94. The van der Waals surface area contributed by atoms with Crippen molar-refractivity contribution in [2.24, 2.45) is 5.92 Å². The van der Waals surface area contributed by atoms with E-state index in [9.17, 15) is 0 Å². The number of rotatable bonds is 4. The van der Waals surface area contributed by atoms with Crippen molar-refractivity contribution in [3.63, 3.8) is 0 Å². The van der Waals surface area contributed by atoms with Gasteiger partial charge in [0.2, 0.25) is 5.13 Å². The first-order valence-electron chi connectivity index (χ1n) is 4.87. The molecule has 1 aromatic heterocycles. The molecule has 1 aliphatic carbocycles. The van der Waals surface area contributed by atoms with Crippen molar-refractivity contribution < 1.29 is 0 Å². The van der Waals surface area contributed by atoms with Gasteiger partial charge in [0.25, 0.3) is 0 Å². The molecule has 1 heterocycles. The van der Waals surface area contributed by atoms with Crippen LogP contribution in [0.1, 0.15) is 32.6 Å². The number of hydrogen-bond donors (Lipinski definition) is 1. The van der Waals surface area contributed by atoms with E-state index in [1.54, 1.807) is 16.8 Å². The lowest BCUT2D eigenvalue weighted by Crippen LogP contribution is -2.23. The summed E-state index contributed by atoms with van der Waals surface area (Å²) in [5.74, 6) is 0.954. The minimum Gasteiger partial charge on any atom is -0.358 e. The van der Waals surface area contributed by atoms with Crippen molar-refractivity contribution in [1.82, 2.24) is 10.2 Å². The Bertz CT molecular complexity index is 243. The van der Waals surface area contributed by atoms with Crippen molar-refractivity contribution in [2.45, 2.75) is 38.6 Å². The molecular weight excluding hydrogens is 182 g/mol. The Balaban J connectivity index is 1.74. The second-order valence-electron chi connectivity index (χ2n) is 3.82. The number of hydrogen-bond acceptors (Lipinski definition) is 4. The van der Waals surface area contributed by atoms with Crippen LogP contribution in [0.2, 0.25) is 0 Å². The van der Waals surface area contributed by atoms with Gasteiger partial charge in [-0.1, -0.05) is 30.6 Å². The number of nitrogens with zero attached hydrogens (tertiary/aromatic N) is 2. The molecule has 0 aromatic carbocycles. The van der Waals surface area contributed by atoms with Gasteiger partial charge in [-0.05, 0) is 19.3 Å². The Morgan fingerprint density at radius 2 is 2.54 bits per heavy atom. The predicted molar refractivity (Wildman–Crippen MR) is 55.0 cm³/mol. The molecule has 2 rings (SSSR count). The van der Waals surface area contributed by atoms with Crippen LogP contribution >= 0.6 is 11.3 Å².